The van der Waals surface area contributed by atoms with Crippen LogP contribution in [0.15, 0.2) is 60.7 Å². The average Bonchev–Trinajstić information content (AvgIpc) is 2.99. The van der Waals surface area contributed by atoms with Crippen LogP contribution < -0.4 is 5.73 Å². The molecule has 1 fully saturated rings. The highest BCUT2D eigenvalue weighted by Crippen LogP contribution is 2.24. The predicted molar refractivity (Wildman–Crippen MR) is 103 cm³/mol. The summed E-state index contributed by atoms with van der Waals surface area (Å²) in [5.74, 6) is -2.16. The summed E-state index contributed by atoms with van der Waals surface area (Å²) in [5, 5.41) is 9.62. The van der Waals surface area contributed by atoms with Crippen LogP contribution in [0.1, 0.15) is 17.5 Å². The number of primary amides is 1. The quantitative estimate of drug-likeness (QED) is 0.686. The first-order valence-electron chi connectivity index (χ1n) is 9.11. The third-order valence-corrected chi connectivity index (χ3v) is 4.89. The molecule has 2 atom stereocenters. The lowest BCUT2D eigenvalue weighted by Gasteiger charge is -2.27. The Labute approximate surface area is 167 Å². The highest BCUT2D eigenvalue weighted by molar-refractivity contribution is 6.09. The van der Waals surface area contributed by atoms with Crippen LogP contribution in [0, 0.1) is 0 Å². The first kappa shape index (κ1) is 20.1. The van der Waals surface area contributed by atoms with E-state index in [1.165, 1.54) is 0 Å². The van der Waals surface area contributed by atoms with Crippen molar-refractivity contribution in [2.45, 2.75) is 31.5 Å². The number of carboxylic acid groups (broad SMARTS) is 1. The molecule has 3 rings (SSSR count). The number of benzene rings is 2. The minimum absolute atomic E-state index is 0.0480. The van der Waals surface area contributed by atoms with E-state index in [9.17, 15) is 24.3 Å². The fourth-order valence-electron chi connectivity index (χ4n) is 3.45. The van der Waals surface area contributed by atoms with Gasteiger partial charge in [0.2, 0.25) is 11.8 Å². The predicted octanol–water partition coefficient (Wildman–Crippen LogP) is 1.39. The van der Waals surface area contributed by atoms with Crippen LogP contribution in [0.5, 0.6) is 0 Å². The molecule has 0 spiro atoms. The minimum Gasteiger partial charge on any atom is -0.465 e. The topological polar surface area (TPSA) is 121 Å². The van der Waals surface area contributed by atoms with Gasteiger partial charge in [-0.1, -0.05) is 60.7 Å². The molecule has 1 aliphatic heterocycles. The second-order valence-electron chi connectivity index (χ2n) is 6.83. The number of carbonyl (C=O) groups is 4. The van der Waals surface area contributed by atoms with Crippen molar-refractivity contribution in [1.29, 1.82) is 0 Å². The van der Waals surface area contributed by atoms with Crippen molar-refractivity contribution in [3.05, 3.63) is 71.8 Å². The lowest BCUT2D eigenvalue weighted by atomic mass is 10.0. The Hall–Kier alpha value is -3.68. The molecule has 1 aliphatic rings. The average molecular weight is 395 g/mol. The van der Waals surface area contributed by atoms with Gasteiger partial charge in [0, 0.05) is 13.0 Å². The molecule has 2 aromatic carbocycles. The maximum atomic E-state index is 13.0. The molecule has 150 valence electrons. The second-order valence-corrected chi connectivity index (χ2v) is 6.83. The summed E-state index contributed by atoms with van der Waals surface area (Å²) in [7, 11) is 0. The van der Waals surface area contributed by atoms with Crippen LogP contribution in [0.25, 0.3) is 0 Å². The van der Waals surface area contributed by atoms with Gasteiger partial charge in [-0.25, -0.2) is 4.79 Å². The van der Waals surface area contributed by atoms with Gasteiger partial charge in [-0.3, -0.25) is 24.2 Å². The van der Waals surface area contributed by atoms with Crippen molar-refractivity contribution < 1.29 is 24.3 Å². The third kappa shape index (κ3) is 4.43. The van der Waals surface area contributed by atoms with E-state index in [1.54, 1.807) is 60.7 Å². The van der Waals surface area contributed by atoms with E-state index in [-0.39, 0.29) is 19.4 Å². The fourth-order valence-corrected chi connectivity index (χ4v) is 3.45. The number of carbonyl (C=O) groups excluding carboxylic acids is 3. The summed E-state index contributed by atoms with van der Waals surface area (Å²) in [6.07, 6.45) is -1.57. The van der Waals surface area contributed by atoms with Gasteiger partial charge in [0.05, 0.1) is 6.42 Å². The van der Waals surface area contributed by atoms with Crippen LogP contribution in [0.4, 0.5) is 4.79 Å². The molecule has 29 heavy (non-hydrogen) atoms. The van der Waals surface area contributed by atoms with Crippen molar-refractivity contribution in [2.75, 3.05) is 0 Å². The minimum atomic E-state index is -1.32. The summed E-state index contributed by atoms with van der Waals surface area (Å²) in [4.78, 5) is 51.1. The molecule has 0 bridgehead atoms. The number of hydrogen-bond donors (Lipinski definition) is 2. The van der Waals surface area contributed by atoms with Gasteiger partial charge >= 0.3 is 6.09 Å². The Morgan fingerprint density at radius 2 is 1.59 bits per heavy atom. The number of nitrogens with zero attached hydrogens (tertiary/aromatic N) is 2. The smallest absolute Gasteiger partial charge is 0.408 e. The molecule has 0 radical (unpaired) electrons. The second kappa shape index (κ2) is 8.55. The molecular weight excluding hydrogens is 374 g/mol. The van der Waals surface area contributed by atoms with E-state index in [4.69, 9.17) is 5.73 Å². The first-order valence-corrected chi connectivity index (χ1v) is 9.11. The van der Waals surface area contributed by atoms with Crippen LogP contribution in [-0.2, 0) is 27.3 Å². The lowest BCUT2D eigenvalue weighted by Crippen LogP contribution is -2.51. The lowest BCUT2D eigenvalue weighted by molar-refractivity contribution is -0.146. The molecule has 0 aliphatic carbocycles. The molecule has 8 heteroatoms. The summed E-state index contributed by atoms with van der Waals surface area (Å²) in [6, 6.07) is 15.3. The zero-order valence-electron chi connectivity index (χ0n) is 15.6. The Balaban J connectivity index is 1.84. The van der Waals surface area contributed by atoms with Crippen molar-refractivity contribution in [2.24, 2.45) is 5.73 Å². The maximum absolute atomic E-state index is 13.0. The van der Waals surface area contributed by atoms with Crippen molar-refractivity contribution in [3.63, 3.8) is 0 Å². The molecule has 3 N–H and O–H groups in total. The highest BCUT2D eigenvalue weighted by atomic mass is 16.4. The van der Waals surface area contributed by atoms with E-state index in [2.05, 4.69) is 0 Å². The van der Waals surface area contributed by atoms with Crippen LogP contribution in [-0.4, -0.2) is 50.8 Å². The van der Waals surface area contributed by atoms with Gasteiger partial charge in [-0.2, -0.15) is 0 Å². The van der Waals surface area contributed by atoms with E-state index in [0.717, 1.165) is 15.4 Å². The highest BCUT2D eigenvalue weighted by Gasteiger charge is 2.47. The maximum Gasteiger partial charge on any atom is 0.408 e. The molecule has 0 unspecified atom stereocenters. The van der Waals surface area contributed by atoms with Gasteiger partial charge in [0.25, 0.3) is 5.91 Å². The van der Waals surface area contributed by atoms with Crippen LogP contribution in [0.3, 0.4) is 0 Å². The Morgan fingerprint density at radius 1 is 1.03 bits per heavy atom. The molecule has 0 saturated carbocycles. The van der Waals surface area contributed by atoms with Crippen molar-refractivity contribution in [1.82, 2.24) is 9.80 Å². The van der Waals surface area contributed by atoms with Gasteiger partial charge < -0.3 is 10.8 Å². The number of hydrogen-bond acceptors (Lipinski definition) is 4. The summed E-state index contributed by atoms with van der Waals surface area (Å²) in [5.41, 5.74) is 6.90. The van der Waals surface area contributed by atoms with Gasteiger partial charge in [-0.15, -0.1) is 0 Å². The molecule has 0 aromatic heterocycles. The molecular formula is C21H21N3O5. The van der Waals surface area contributed by atoms with Crippen molar-refractivity contribution in [3.8, 4) is 0 Å². The van der Waals surface area contributed by atoms with E-state index >= 15 is 0 Å². The van der Waals surface area contributed by atoms with E-state index in [1.807, 2.05) is 0 Å². The molecule has 2 aromatic rings. The Kier molecular flexibility index (Phi) is 5.92. The van der Waals surface area contributed by atoms with E-state index in [0.29, 0.717) is 5.56 Å². The molecule has 1 saturated heterocycles. The SMILES string of the molecule is NC(=O)[C@H](Cc1ccccc1)N1C(=O)C[C@H](N(Cc2ccccc2)C(=O)O)C1=O. The number of likely N-dealkylation sites (tertiary alicyclic amines) is 1. The number of imide groups is 1. The Morgan fingerprint density at radius 3 is 2.10 bits per heavy atom. The number of nitrogens with two attached hydrogens (primary N) is 1. The van der Waals surface area contributed by atoms with Gasteiger partial charge in [0.1, 0.15) is 12.1 Å². The van der Waals surface area contributed by atoms with Crippen LogP contribution in [0.2, 0.25) is 0 Å². The molecule has 1 heterocycles. The standard InChI is InChI=1S/C21H21N3O5/c22-19(26)16(11-14-7-3-1-4-8-14)24-18(25)12-17(20(24)27)23(21(28)29)13-15-9-5-2-6-10-15/h1-10,16-17H,11-13H2,(H2,22,26)(H,28,29)/t16-,17-/m0/s1. The largest absolute Gasteiger partial charge is 0.465 e. The zero-order chi connectivity index (χ0) is 21.0. The molecule has 4 amide bonds. The van der Waals surface area contributed by atoms with Crippen molar-refractivity contribution >= 4 is 23.8 Å². The normalized spacial score (nSPS) is 17.2. The first-order chi connectivity index (χ1) is 13.9. The summed E-state index contributed by atoms with van der Waals surface area (Å²) < 4.78 is 0. The van der Waals surface area contributed by atoms with E-state index < -0.39 is 35.9 Å². The monoisotopic (exact) mass is 395 g/mol. The summed E-state index contributed by atoms with van der Waals surface area (Å²) in [6.45, 7) is -0.0480. The molecule has 8 nitrogen and oxygen atoms in total. The van der Waals surface area contributed by atoms with Gasteiger partial charge in [0.15, 0.2) is 0 Å². The van der Waals surface area contributed by atoms with Gasteiger partial charge in [-0.05, 0) is 11.1 Å². The Bertz CT molecular complexity index is 916. The number of rotatable bonds is 7. The third-order valence-electron chi connectivity index (χ3n) is 4.89. The zero-order valence-corrected chi connectivity index (χ0v) is 15.6. The summed E-state index contributed by atoms with van der Waals surface area (Å²) >= 11 is 0. The fraction of sp³-hybridized carbons (Fsp3) is 0.238. The van der Waals surface area contributed by atoms with Crippen LogP contribution >= 0.6 is 0 Å². The number of amides is 4.